The molecule has 2 aromatic carbocycles. The first kappa shape index (κ1) is 16.9. The van der Waals surface area contributed by atoms with Crippen molar-refractivity contribution in [1.29, 1.82) is 0 Å². The molecule has 0 saturated carbocycles. The monoisotopic (exact) mass is 359 g/mol. The maximum atomic E-state index is 12.8. The number of halogens is 2. The fraction of sp³-hybridized carbons (Fsp3) is 0.200. The van der Waals surface area contributed by atoms with Crippen molar-refractivity contribution >= 4 is 38.9 Å². The third kappa shape index (κ3) is 3.32. The first-order valence-corrected chi connectivity index (χ1v) is 8.71. The van der Waals surface area contributed by atoms with Crippen LogP contribution in [0.2, 0.25) is 10.0 Å². The summed E-state index contributed by atoms with van der Waals surface area (Å²) in [6, 6.07) is 10.9. The summed E-state index contributed by atoms with van der Waals surface area (Å²) in [7, 11) is -2.25. The van der Waals surface area contributed by atoms with Crippen LogP contribution >= 0.6 is 23.2 Å². The predicted octanol–water partition coefficient (Wildman–Crippen LogP) is 4.22. The van der Waals surface area contributed by atoms with E-state index in [2.05, 4.69) is 0 Å². The van der Waals surface area contributed by atoms with E-state index in [-0.39, 0.29) is 11.4 Å². The largest absolute Gasteiger partial charge is 0.495 e. The maximum absolute atomic E-state index is 12.8. The molecule has 0 aliphatic rings. The molecule has 0 N–H and O–H groups in total. The summed E-state index contributed by atoms with van der Waals surface area (Å²) in [6.45, 7) is 1.98. The average Bonchev–Trinajstić information content (AvgIpc) is 2.48. The molecule has 0 amide bonds. The van der Waals surface area contributed by atoms with Crippen LogP contribution < -0.4 is 9.04 Å². The summed E-state index contributed by atoms with van der Waals surface area (Å²) in [5.74, 6) is 0.434. The zero-order valence-corrected chi connectivity index (χ0v) is 14.4. The van der Waals surface area contributed by atoms with E-state index in [0.717, 1.165) is 0 Å². The Kier molecular flexibility index (Phi) is 5.21. The van der Waals surface area contributed by atoms with E-state index in [9.17, 15) is 8.42 Å². The quantitative estimate of drug-likeness (QED) is 0.802. The highest BCUT2D eigenvalue weighted by Gasteiger charge is 2.26. The van der Waals surface area contributed by atoms with Gasteiger partial charge < -0.3 is 4.74 Å². The van der Waals surface area contributed by atoms with E-state index < -0.39 is 10.0 Å². The lowest BCUT2D eigenvalue weighted by atomic mass is 10.3. The van der Waals surface area contributed by atoms with E-state index >= 15 is 0 Å². The fourth-order valence-electron chi connectivity index (χ4n) is 2.06. The first-order valence-electron chi connectivity index (χ1n) is 6.52. The summed E-state index contributed by atoms with van der Waals surface area (Å²) in [6.07, 6.45) is 0. The second kappa shape index (κ2) is 6.77. The van der Waals surface area contributed by atoms with Crippen molar-refractivity contribution in [3.05, 3.63) is 52.5 Å². The molecule has 22 heavy (non-hydrogen) atoms. The Morgan fingerprint density at radius 2 is 1.64 bits per heavy atom. The molecule has 7 heteroatoms. The van der Waals surface area contributed by atoms with Crippen LogP contribution in [0.15, 0.2) is 47.4 Å². The van der Waals surface area contributed by atoms with Gasteiger partial charge in [0.05, 0.1) is 17.7 Å². The number of sulfonamides is 1. The molecule has 2 rings (SSSR count). The van der Waals surface area contributed by atoms with Gasteiger partial charge in [0.25, 0.3) is 10.0 Å². The van der Waals surface area contributed by atoms with Gasteiger partial charge in [-0.2, -0.15) is 0 Å². The number of benzene rings is 2. The summed E-state index contributed by atoms with van der Waals surface area (Å²) < 4.78 is 32.2. The van der Waals surface area contributed by atoms with E-state index in [4.69, 9.17) is 27.9 Å². The van der Waals surface area contributed by atoms with Crippen molar-refractivity contribution < 1.29 is 13.2 Å². The molecular weight excluding hydrogens is 345 g/mol. The van der Waals surface area contributed by atoms with Gasteiger partial charge in [0.2, 0.25) is 0 Å². The lowest BCUT2D eigenvalue weighted by Gasteiger charge is -2.24. The number of rotatable bonds is 5. The molecule has 0 aromatic heterocycles. The third-order valence-electron chi connectivity index (χ3n) is 3.10. The minimum Gasteiger partial charge on any atom is -0.495 e. The van der Waals surface area contributed by atoms with Crippen LogP contribution in [0.25, 0.3) is 0 Å². The van der Waals surface area contributed by atoms with Crippen LogP contribution in [0.1, 0.15) is 6.92 Å². The maximum Gasteiger partial charge on any atom is 0.264 e. The lowest BCUT2D eigenvalue weighted by molar-refractivity contribution is 0.415. The molecule has 0 radical (unpaired) electrons. The van der Waals surface area contributed by atoms with E-state index in [1.54, 1.807) is 25.1 Å². The molecule has 0 unspecified atom stereocenters. The van der Waals surface area contributed by atoms with Crippen molar-refractivity contribution in [2.75, 3.05) is 18.0 Å². The molecule has 0 aliphatic carbocycles. The number of ether oxygens (including phenoxy) is 1. The topological polar surface area (TPSA) is 46.6 Å². The van der Waals surface area contributed by atoms with Crippen LogP contribution in [-0.4, -0.2) is 22.1 Å². The first-order chi connectivity index (χ1) is 10.4. The number of anilines is 1. The standard InChI is InChI=1S/C15H15Cl2NO3S/c1-3-18(14-10-12(17)6-9-15(14)21-2)22(19,20)13-7-4-11(16)5-8-13/h4-10H,3H2,1-2H3. The van der Waals surface area contributed by atoms with Crippen molar-refractivity contribution in [3.8, 4) is 5.75 Å². The van der Waals surface area contributed by atoms with Gasteiger partial charge in [-0.25, -0.2) is 8.42 Å². The second-order valence-corrected chi connectivity index (χ2v) is 7.18. The molecule has 0 saturated heterocycles. The molecular formula is C15H15Cl2NO3S. The third-order valence-corrected chi connectivity index (χ3v) is 5.49. The van der Waals surface area contributed by atoms with Crippen molar-refractivity contribution in [3.63, 3.8) is 0 Å². The molecule has 0 aliphatic heterocycles. The molecule has 0 fully saturated rings. The summed E-state index contributed by atoms with van der Waals surface area (Å²) in [4.78, 5) is 0.153. The average molecular weight is 360 g/mol. The fourth-order valence-corrected chi connectivity index (χ4v) is 3.83. The van der Waals surface area contributed by atoms with Crippen LogP contribution in [0, 0.1) is 0 Å². The summed E-state index contributed by atoms with van der Waals surface area (Å²) in [5, 5.41) is 0.905. The Balaban J connectivity index is 2.56. The van der Waals surface area contributed by atoms with Crippen LogP contribution in [-0.2, 0) is 10.0 Å². The van der Waals surface area contributed by atoms with Gasteiger partial charge in [-0.15, -0.1) is 0 Å². The second-order valence-electron chi connectivity index (χ2n) is 4.44. The van der Waals surface area contributed by atoms with Crippen molar-refractivity contribution in [1.82, 2.24) is 0 Å². The molecule has 2 aromatic rings. The molecule has 0 bridgehead atoms. The molecule has 4 nitrogen and oxygen atoms in total. The number of methoxy groups -OCH3 is 1. The number of hydrogen-bond donors (Lipinski definition) is 0. The number of hydrogen-bond acceptors (Lipinski definition) is 3. The predicted molar refractivity (Wildman–Crippen MR) is 89.7 cm³/mol. The molecule has 0 atom stereocenters. The molecule has 0 spiro atoms. The Hall–Kier alpha value is -1.43. The smallest absolute Gasteiger partial charge is 0.264 e. The van der Waals surface area contributed by atoms with E-state index in [1.165, 1.54) is 35.7 Å². The number of nitrogens with zero attached hydrogens (tertiary/aromatic N) is 1. The minimum atomic E-state index is -3.73. The van der Waals surface area contributed by atoms with E-state index in [0.29, 0.717) is 21.5 Å². The summed E-state index contributed by atoms with van der Waals surface area (Å²) in [5.41, 5.74) is 0.396. The van der Waals surface area contributed by atoms with Gasteiger partial charge >= 0.3 is 0 Å². The normalized spacial score (nSPS) is 11.3. The van der Waals surface area contributed by atoms with Crippen LogP contribution in [0.4, 0.5) is 5.69 Å². The zero-order valence-electron chi connectivity index (χ0n) is 12.1. The highest BCUT2D eigenvalue weighted by Crippen LogP contribution is 2.34. The van der Waals surface area contributed by atoms with Crippen LogP contribution in [0.3, 0.4) is 0 Å². The molecule has 0 heterocycles. The lowest BCUT2D eigenvalue weighted by Crippen LogP contribution is -2.31. The SMILES string of the molecule is CCN(c1cc(Cl)ccc1OC)S(=O)(=O)c1ccc(Cl)cc1. The molecule has 118 valence electrons. The van der Waals surface area contributed by atoms with Crippen molar-refractivity contribution in [2.45, 2.75) is 11.8 Å². The Morgan fingerprint density at radius 1 is 1.05 bits per heavy atom. The van der Waals surface area contributed by atoms with Gasteiger partial charge in [0.15, 0.2) is 0 Å². The van der Waals surface area contributed by atoms with Gasteiger partial charge in [-0.1, -0.05) is 23.2 Å². The summed E-state index contributed by atoms with van der Waals surface area (Å²) >= 11 is 11.8. The zero-order chi connectivity index (χ0) is 16.3. The van der Waals surface area contributed by atoms with Gasteiger partial charge in [-0.3, -0.25) is 4.31 Å². The minimum absolute atomic E-state index is 0.153. The van der Waals surface area contributed by atoms with Gasteiger partial charge in [0, 0.05) is 16.6 Å². The van der Waals surface area contributed by atoms with Gasteiger partial charge in [0.1, 0.15) is 5.75 Å². The highest BCUT2D eigenvalue weighted by atomic mass is 35.5. The Morgan fingerprint density at radius 3 is 2.18 bits per heavy atom. The van der Waals surface area contributed by atoms with Gasteiger partial charge in [-0.05, 0) is 49.4 Å². The van der Waals surface area contributed by atoms with E-state index in [1.807, 2.05) is 0 Å². The van der Waals surface area contributed by atoms with Crippen molar-refractivity contribution in [2.24, 2.45) is 0 Å². The Bertz CT molecular complexity index is 761. The van der Waals surface area contributed by atoms with Crippen LogP contribution in [0.5, 0.6) is 5.75 Å². The Labute approximate surface area is 140 Å². The highest BCUT2D eigenvalue weighted by molar-refractivity contribution is 7.92.